The third-order valence-electron chi connectivity index (χ3n) is 7.07. The van der Waals surface area contributed by atoms with Crippen molar-refractivity contribution in [3.05, 3.63) is 58.3 Å². The molecule has 3 aliphatic rings. The summed E-state index contributed by atoms with van der Waals surface area (Å²) in [5, 5.41) is 6.06. The third kappa shape index (κ3) is 3.93. The number of hydrogen-bond donors (Lipinski definition) is 0. The van der Waals surface area contributed by atoms with Crippen LogP contribution in [0.1, 0.15) is 55.0 Å². The number of aromatic nitrogens is 6. The van der Waals surface area contributed by atoms with Gasteiger partial charge < -0.3 is 4.90 Å². The number of benzene rings is 1. The summed E-state index contributed by atoms with van der Waals surface area (Å²) < 4.78 is 18.2. The molecule has 8 bridgehead atoms. The molecule has 0 amide bonds. The van der Waals surface area contributed by atoms with Crippen LogP contribution in [0.15, 0.2) is 24.7 Å². The van der Waals surface area contributed by atoms with Gasteiger partial charge in [0.1, 0.15) is 29.2 Å². The molecule has 1 aromatic carbocycles. The maximum Gasteiger partial charge on any atom is 0.175 e. The van der Waals surface area contributed by atoms with Crippen LogP contribution in [0.2, 0.25) is 5.02 Å². The van der Waals surface area contributed by atoms with Gasteiger partial charge in [0.05, 0.1) is 11.4 Å². The van der Waals surface area contributed by atoms with E-state index in [4.69, 9.17) is 21.7 Å². The number of fused-ring (bicyclic) bond motifs is 3. The summed E-state index contributed by atoms with van der Waals surface area (Å²) in [5.74, 6) is 1.77. The van der Waals surface area contributed by atoms with Gasteiger partial charge in [0.2, 0.25) is 0 Å². The number of piperidine rings is 1. The summed E-state index contributed by atoms with van der Waals surface area (Å²) in [6, 6.07) is 4.07. The van der Waals surface area contributed by atoms with Crippen molar-refractivity contribution in [2.45, 2.75) is 58.4 Å². The van der Waals surface area contributed by atoms with Gasteiger partial charge in [-0.15, -0.1) is 0 Å². The topological polar surface area (TPSA) is 72.6 Å². The minimum Gasteiger partial charge on any atom is -0.354 e. The Labute approximate surface area is 208 Å². The Morgan fingerprint density at radius 2 is 2.03 bits per heavy atom. The molecule has 0 aliphatic carbocycles. The molecule has 4 aromatic rings. The van der Waals surface area contributed by atoms with Crippen molar-refractivity contribution in [2.75, 3.05) is 18.0 Å². The number of hydrogen-bond acceptors (Lipinski definition) is 6. The Hall–Kier alpha value is -3.13. The van der Waals surface area contributed by atoms with E-state index in [2.05, 4.69) is 19.9 Å². The fourth-order valence-electron chi connectivity index (χ4n) is 5.30. The molecule has 180 valence electrons. The van der Waals surface area contributed by atoms with E-state index in [1.54, 1.807) is 6.20 Å². The van der Waals surface area contributed by atoms with E-state index >= 15 is 4.39 Å². The molecule has 1 saturated heterocycles. The van der Waals surface area contributed by atoms with Crippen molar-refractivity contribution in [3.63, 3.8) is 0 Å². The first-order valence-corrected chi connectivity index (χ1v) is 12.7. The molecule has 6 heterocycles. The Bertz CT molecular complexity index is 1430. The molecule has 3 aromatic heterocycles. The van der Waals surface area contributed by atoms with Crippen molar-refractivity contribution in [3.8, 4) is 11.3 Å². The summed E-state index contributed by atoms with van der Waals surface area (Å²) in [7, 11) is 0. The van der Waals surface area contributed by atoms with Crippen LogP contribution in [0.25, 0.3) is 22.2 Å². The zero-order valence-electron chi connectivity index (χ0n) is 19.9. The first-order valence-electron chi connectivity index (χ1n) is 12.3. The van der Waals surface area contributed by atoms with Crippen LogP contribution in [0, 0.1) is 12.7 Å². The van der Waals surface area contributed by atoms with E-state index in [0.29, 0.717) is 34.6 Å². The van der Waals surface area contributed by atoms with Gasteiger partial charge in [-0.2, -0.15) is 5.10 Å². The number of rotatable bonds is 1. The van der Waals surface area contributed by atoms with Gasteiger partial charge in [-0.05, 0) is 55.9 Å². The second-order valence-corrected chi connectivity index (χ2v) is 9.92. The normalized spacial score (nSPS) is 17.8. The lowest BCUT2D eigenvalue weighted by atomic mass is 9.96. The molecular formula is C26H27ClFN7. The van der Waals surface area contributed by atoms with Crippen molar-refractivity contribution < 1.29 is 4.39 Å². The van der Waals surface area contributed by atoms with E-state index in [9.17, 15) is 0 Å². The lowest BCUT2D eigenvalue weighted by Crippen LogP contribution is -2.37. The first kappa shape index (κ1) is 22.3. The Morgan fingerprint density at radius 1 is 1.14 bits per heavy atom. The first-order chi connectivity index (χ1) is 17.0. The third-order valence-corrected chi connectivity index (χ3v) is 7.41. The zero-order valence-corrected chi connectivity index (χ0v) is 20.7. The molecule has 0 saturated carbocycles. The molecule has 1 unspecified atom stereocenters. The molecule has 7 nitrogen and oxygen atoms in total. The maximum absolute atomic E-state index is 16.2. The standard InChI is InChI=1S/C26H27ClFN7/c1-3-21-31-25-19-12-29-24(23(25)28)18-10-15(2)11-20(27)17(18)7-4-8-22-30-14-35(33-22)16-6-5-9-34(13-16)26(19)32-21/h10-12,14,16H,3-9,13H2,1-2H3. The molecule has 7 rings (SSSR count). The minimum absolute atomic E-state index is 0.184. The lowest BCUT2D eigenvalue weighted by molar-refractivity contribution is 0.372. The van der Waals surface area contributed by atoms with Crippen molar-refractivity contribution in [2.24, 2.45) is 0 Å². The van der Waals surface area contributed by atoms with Crippen LogP contribution in [0.5, 0.6) is 0 Å². The number of halogens is 2. The van der Waals surface area contributed by atoms with E-state index in [1.807, 2.05) is 37.0 Å². The maximum atomic E-state index is 16.2. The lowest BCUT2D eigenvalue weighted by Gasteiger charge is -2.34. The minimum atomic E-state index is -0.416. The summed E-state index contributed by atoms with van der Waals surface area (Å²) in [4.78, 5) is 20.9. The number of aryl methyl sites for hydroxylation is 3. The molecular weight excluding hydrogens is 465 g/mol. The Morgan fingerprint density at radius 3 is 2.89 bits per heavy atom. The van der Waals surface area contributed by atoms with E-state index in [1.165, 1.54) is 0 Å². The quantitative estimate of drug-likeness (QED) is 0.361. The summed E-state index contributed by atoms with van der Waals surface area (Å²) in [6.07, 6.45) is 8.40. The fourth-order valence-corrected chi connectivity index (χ4v) is 5.67. The Kier molecular flexibility index (Phi) is 5.63. The highest BCUT2D eigenvalue weighted by Crippen LogP contribution is 2.37. The van der Waals surface area contributed by atoms with Crippen LogP contribution in [-0.2, 0) is 19.3 Å². The second kappa shape index (κ2) is 8.82. The van der Waals surface area contributed by atoms with E-state index in [-0.39, 0.29) is 11.7 Å². The predicted molar refractivity (Wildman–Crippen MR) is 134 cm³/mol. The van der Waals surface area contributed by atoms with Gasteiger partial charge in [0.25, 0.3) is 0 Å². The van der Waals surface area contributed by atoms with Gasteiger partial charge in [-0.1, -0.05) is 18.5 Å². The van der Waals surface area contributed by atoms with Gasteiger partial charge in [0.15, 0.2) is 11.6 Å². The molecule has 0 N–H and O–H groups in total. The number of nitrogens with zero attached hydrogens (tertiary/aromatic N) is 7. The molecule has 0 radical (unpaired) electrons. The molecule has 0 spiro atoms. The van der Waals surface area contributed by atoms with Gasteiger partial charge in [-0.25, -0.2) is 24.0 Å². The second-order valence-electron chi connectivity index (χ2n) is 9.51. The summed E-state index contributed by atoms with van der Waals surface area (Å²) in [5.41, 5.74) is 3.17. The molecule has 3 aliphatic heterocycles. The highest BCUT2D eigenvalue weighted by atomic mass is 35.5. The monoisotopic (exact) mass is 491 g/mol. The van der Waals surface area contributed by atoms with Crippen LogP contribution in [0.3, 0.4) is 0 Å². The van der Waals surface area contributed by atoms with E-state index < -0.39 is 5.82 Å². The largest absolute Gasteiger partial charge is 0.354 e. The number of anilines is 1. The average molecular weight is 492 g/mol. The Balaban J connectivity index is 1.61. The van der Waals surface area contributed by atoms with Crippen LogP contribution in [-0.4, -0.2) is 42.8 Å². The van der Waals surface area contributed by atoms with E-state index in [0.717, 1.165) is 67.1 Å². The van der Waals surface area contributed by atoms with Crippen molar-refractivity contribution in [1.29, 1.82) is 0 Å². The van der Waals surface area contributed by atoms with Crippen LogP contribution >= 0.6 is 11.6 Å². The van der Waals surface area contributed by atoms with Crippen LogP contribution < -0.4 is 4.90 Å². The molecule has 9 heteroatoms. The molecule has 1 atom stereocenters. The SMILES string of the molecule is CCc1nc2c3cnc(c(F)c3n1)-c1cc(C)cc(Cl)c1CCCc1ncn(n1)C1CCCN2C1. The van der Waals surface area contributed by atoms with Crippen molar-refractivity contribution >= 4 is 28.3 Å². The van der Waals surface area contributed by atoms with Gasteiger partial charge in [-0.3, -0.25) is 4.98 Å². The molecule has 1 fully saturated rings. The summed E-state index contributed by atoms with van der Waals surface area (Å²) >= 11 is 6.69. The number of pyridine rings is 1. The highest BCUT2D eigenvalue weighted by molar-refractivity contribution is 6.31. The average Bonchev–Trinajstić information content (AvgIpc) is 3.33. The smallest absolute Gasteiger partial charge is 0.175 e. The zero-order chi connectivity index (χ0) is 24.1. The van der Waals surface area contributed by atoms with Crippen LogP contribution in [0.4, 0.5) is 10.2 Å². The predicted octanol–water partition coefficient (Wildman–Crippen LogP) is 5.28. The van der Waals surface area contributed by atoms with Gasteiger partial charge >= 0.3 is 0 Å². The van der Waals surface area contributed by atoms with Gasteiger partial charge in [0, 0.05) is 42.7 Å². The summed E-state index contributed by atoms with van der Waals surface area (Å²) in [6.45, 7) is 5.53. The highest BCUT2D eigenvalue weighted by Gasteiger charge is 2.27. The fraction of sp³-hybridized carbons (Fsp3) is 0.423. The molecule has 35 heavy (non-hydrogen) atoms. The van der Waals surface area contributed by atoms with Crippen molar-refractivity contribution in [1.82, 2.24) is 29.7 Å².